The summed E-state index contributed by atoms with van der Waals surface area (Å²) >= 11 is 1.23. The van der Waals surface area contributed by atoms with Crippen molar-refractivity contribution < 1.29 is 14.3 Å². The summed E-state index contributed by atoms with van der Waals surface area (Å²) in [6.07, 6.45) is 2.17. The van der Waals surface area contributed by atoms with Gasteiger partial charge in [0.2, 0.25) is 11.1 Å². The van der Waals surface area contributed by atoms with Crippen molar-refractivity contribution in [3.8, 4) is 0 Å². The van der Waals surface area contributed by atoms with Crippen molar-refractivity contribution in [2.75, 3.05) is 23.5 Å². The quantitative estimate of drug-likeness (QED) is 0.439. The van der Waals surface area contributed by atoms with Gasteiger partial charge in [0.1, 0.15) is 0 Å². The van der Waals surface area contributed by atoms with Crippen LogP contribution in [-0.2, 0) is 9.53 Å². The van der Waals surface area contributed by atoms with E-state index < -0.39 is 0 Å². The normalized spacial score (nSPS) is 13.5. The van der Waals surface area contributed by atoms with Crippen LogP contribution in [0, 0.1) is 0 Å². The van der Waals surface area contributed by atoms with Gasteiger partial charge >= 0.3 is 5.97 Å². The van der Waals surface area contributed by atoms with Crippen molar-refractivity contribution in [2.45, 2.75) is 30.8 Å². The van der Waals surface area contributed by atoms with Gasteiger partial charge in [0.25, 0.3) is 0 Å². The van der Waals surface area contributed by atoms with Gasteiger partial charge in [-0.05, 0) is 44.0 Å². The predicted octanol–water partition coefficient (Wildman–Crippen LogP) is 1.78. The van der Waals surface area contributed by atoms with Crippen LogP contribution in [0.5, 0.6) is 0 Å². The third kappa shape index (κ3) is 4.30. The van der Waals surface area contributed by atoms with Crippen LogP contribution in [0.15, 0.2) is 29.4 Å². The average Bonchev–Trinajstić information content (AvgIpc) is 3.37. The van der Waals surface area contributed by atoms with Gasteiger partial charge in [0.05, 0.1) is 17.9 Å². The first-order valence-electron chi connectivity index (χ1n) is 7.98. The van der Waals surface area contributed by atoms with Crippen molar-refractivity contribution >= 4 is 29.3 Å². The number of nitrogen functional groups attached to an aromatic ring is 1. The largest absolute Gasteiger partial charge is 0.462 e. The summed E-state index contributed by atoms with van der Waals surface area (Å²) in [5, 5.41) is 11.4. The maximum atomic E-state index is 12.0. The van der Waals surface area contributed by atoms with Gasteiger partial charge in [-0.3, -0.25) is 4.79 Å². The molecule has 0 bridgehead atoms. The van der Waals surface area contributed by atoms with Gasteiger partial charge in [0, 0.05) is 11.6 Å². The highest BCUT2D eigenvalue weighted by atomic mass is 32.2. The molecule has 0 saturated heterocycles. The summed E-state index contributed by atoms with van der Waals surface area (Å²) in [6, 6.07) is 6.54. The second kappa shape index (κ2) is 7.56. The van der Waals surface area contributed by atoms with E-state index in [4.69, 9.17) is 10.6 Å². The van der Waals surface area contributed by atoms with Crippen molar-refractivity contribution in [2.24, 2.45) is 0 Å². The van der Waals surface area contributed by atoms with Crippen molar-refractivity contribution in [3.63, 3.8) is 0 Å². The highest BCUT2D eigenvalue weighted by Crippen LogP contribution is 2.39. The molecule has 9 heteroatoms. The Bertz CT molecular complexity index is 771. The number of carbonyl (C=O) groups excluding carboxylic acids is 2. The number of anilines is 1. The highest BCUT2D eigenvalue weighted by molar-refractivity contribution is 7.99. The zero-order valence-corrected chi connectivity index (χ0v) is 14.6. The molecule has 0 unspecified atom stereocenters. The van der Waals surface area contributed by atoms with Gasteiger partial charge in [0.15, 0.2) is 5.82 Å². The summed E-state index contributed by atoms with van der Waals surface area (Å²) in [5.74, 6) is 6.72. The third-order valence-electron chi connectivity index (χ3n) is 3.65. The zero-order valence-electron chi connectivity index (χ0n) is 13.8. The summed E-state index contributed by atoms with van der Waals surface area (Å²) in [5.41, 5.74) is 1.05. The Morgan fingerprint density at radius 2 is 2.04 bits per heavy atom. The number of hydrogen-bond acceptors (Lipinski definition) is 7. The number of aromatic nitrogens is 3. The lowest BCUT2D eigenvalue weighted by Gasteiger charge is -2.06. The van der Waals surface area contributed by atoms with Crippen LogP contribution in [0.4, 0.5) is 5.69 Å². The monoisotopic (exact) mass is 361 g/mol. The average molecular weight is 361 g/mol. The number of ether oxygens (including phenoxy) is 1. The number of benzene rings is 1. The van der Waals surface area contributed by atoms with Crippen LogP contribution in [0.25, 0.3) is 0 Å². The van der Waals surface area contributed by atoms with Gasteiger partial charge in [-0.25, -0.2) is 9.47 Å². The second-order valence-electron chi connectivity index (χ2n) is 5.62. The molecule has 1 aliphatic rings. The van der Waals surface area contributed by atoms with Gasteiger partial charge in [-0.15, -0.1) is 10.2 Å². The van der Waals surface area contributed by atoms with Crippen molar-refractivity contribution in [1.29, 1.82) is 0 Å². The van der Waals surface area contributed by atoms with Gasteiger partial charge in [-0.2, -0.15) is 0 Å². The Morgan fingerprint density at radius 1 is 1.32 bits per heavy atom. The van der Waals surface area contributed by atoms with E-state index in [2.05, 4.69) is 15.5 Å². The molecule has 0 radical (unpaired) electrons. The highest BCUT2D eigenvalue weighted by Gasteiger charge is 2.30. The van der Waals surface area contributed by atoms with Gasteiger partial charge in [-0.1, -0.05) is 11.8 Å². The molecule has 25 heavy (non-hydrogen) atoms. The molecule has 0 spiro atoms. The number of amides is 1. The number of nitrogens with zero attached hydrogens (tertiary/aromatic N) is 3. The molecule has 3 N–H and O–H groups in total. The molecule has 8 nitrogen and oxygen atoms in total. The third-order valence-corrected chi connectivity index (χ3v) is 4.59. The lowest BCUT2D eigenvalue weighted by Crippen LogP contribution is -2.17. The summed E-state index contributed by atoms with van der Waals surface area (Å²) in [7, 11) is 0. The van der Waals surface area contributed by atoms with E-state index in [0.717, 1.165) is 18.7 Å². The SMILES string of the molecule is CCOC(=O)c1ccc(NC(=O)CSc2nnc(C3CC3)n2N)cc1. The van der Waals surface area contributed by atoms with E-state index in [-0.39, 0.29) is 17.6 Å². The van der Waals surface area contributed by atoms with Crippen LogP contribution in [0.3, 0.4) is 0 Å². The standard InChI is InChI=1S/C16H19N5O3S/c1-2-24-15(23)11-5-7-12(8-6-11)18-13(22)9-25-16-20-19-14(21(16)17)10-3-4-10/h5-8,10H,2-4,9,17H2,1H3,(H,18,22). The number of nitrogens with one attached hydrogen (secondary N) is 1. The van der Waals surface area contributed by atoms with E-state index in [1.165, 1.54) is 16.4 Å². The second-order valence-corrected chi connectivity index (χ2v) is 6.56. The van der Waals surface area contributed by atoms with Gasteiger partial charge < -0.3 is 15.9 Å². The molecule has 1 aliphatic carbocycles. The Kier molecular flexibility index (Phi) is 5.22. The minimum Gasteiger partial charge on any atom is -0.462 e. The number of nitrogens with two attached hydrogens (primary N) is 1. The van der Waals surface area contributed by atoms with E-state index in [1.54, 1.807) is 31.2 Å². The molecule has 1 heterocycles. The Morgan fingerprint density at radius 3 is 2.68 bits per heavy atom. The van der Waals surface area contributed by atoms with Crippen LogP contribution in [-0.4, -0.2) is 39.1 Å². The van der Waals surface area contributed by atoms with E-state index in [9.17, 15) is 9.59 Å². The fourth-order valence-corrected chi connectivity index (χ4v) is 2.90. The van der Waals surface area contributed by atoms with Crippen LogP contribution in [0.2, 0.25) is 0 Å². The molecule has 1 amide bonds. The van der Waals surface area contributed by atoms with Crippen molar-refractivity contribution in [3.05, 3.63) is 35.7 Å². The first kappa shape index (κ1) is 17.3. The Labute approximate surface area is 149 Å². The fourth-order valence-electron chi connectivity index (χ4n) is 2.24. The lowest BCUT2D eigenvalue weighted by molar-refractivity contribution is -0.113. The molecule has 2 aromatic rings. The predicted molar refractivity (Wildman–Crippen MR) is 93.9 cm³/mol. The summed E-state index contributed by atoms with van der Waals surface area (Å²) in [6.45, 7) is 2.07. The number of thioether (sulfide) groups is 1. The Hall–Kier alpha value is -2.55. The lowest BCUT2D eigenvalue weighted by atomic mass is 10.2. The molecule has 0 atom stereocenters. The molecule has 1 aromatic heterocycles. The van der Waals surface area contributed by atoms with Crippen LogP contribution >= 0.6 is 11.8 Å². The Balaban J connectivity index is 1.51. The molecule has 1 fully saturated rings. The van der Waals surface area contributed by atoms with Crippen LogP contribution < -0.4 is 11.2 Å². The summed E-state index contributed by atoms with van der Waals surface area (Å²) < 4.78 is 6.38. The molecule has 132 valence electrons. The molecule has 1 saturated carbocycles. The maximum Gasteiger partial charge on any atom is 0.338 e. The van der Waals surface area contributed by atoms with Crippen LogP contribution in [0.1, 0.15) is 41.9 Å². The first-order chi connectivity index (χ1) is 12.1. The van der Waals surface area contributed by atoms with Crippen molar-refractivity contribution in [1.82, 2.24) is 14.9 Å². The molecular weight excluding hydrogens is 342 g/mol. The minimum absolute atomic E-state index is 0.166. The number of rotatable bonds is 7. The molecule has 0 aliphatic heterocycles. The number of esters is 1. The molecule has 3 rings (SSSR count). The van der Waals surface area contributed by atoms with E-state index in [1.807, 2.05) is 0 Å². The van der Waals surface area contributed by atoms with E-state index in [0.29, 0.717) is 28.9 Å². The smallest absolute Gasteiger partial charge is 0.338 e. The van der Waals surface area contributed by atoms with E-state index >= 15 is 0 Å². The number of hydrogen-bond donors (Lipinski definition) is 2. The maximum absolute atomic E-state index is 12.0. The first-order valence-corrected chi connectivity index (χ1v) is 8.97. The zero-order chi connectivity index (χ0) is 17.8. The number of carbonyl (C=O) groups is 2. The molecule has 1 aromatic carbocycles. The topological polar surface area (TPSA) is 112 Å². The summed E-state index contributed by atoms with van der Waals surface area (Å²) in [4.78, 5) is 23.6. The molecular formula is C16H19N5O3S. The fraction of sp³-hybridized carbons (Fsp3) is 0.375. The minimum atomic E-state index is -0.385.